The largest absolute Gasteiger partial charge is 0.488 e. The first kappa shape index (κ1) is 23.5. The topological polar surface area (TPSA) is 94.3 Å². The highest BCUT2D eigenvalue weighted by molar-refractivity contribution is 7.12. The molecule has 0 unspecified atom stereocenters. The summed E-state index contributed by atoms with van der Waals surface area (Å²) < 4.78 is 5.76. The van der Waals surface area contributed by atoms with Crippen molar-refractivity contribution >= 4 is 34.8 Å². The number of nitrogens with one attached hydrogen (secondary N) is 1. The Bertz CT molecular complexity index is 1340. The summed E-state index contributed by atoms with van der Waals surface area (Å²) in [4.78, 5) is 30.1. The van der Waals surface area contributed by atoms with E-state index in [9.17, 15) is 9.59 Å². The van der Waals surface area contributed by atoms with Crippen molar-refractivity contribution in [2.24, 2.45) is 5.73 Å². The average Bonchev–Trinajstić information content (AvgIpc) is 3.22. The summed E-state index contributed by atoms with van der Waals surface area (Å²) in [5.41, 5.74) is 8.89. The molecule has 4 aromatic rings. The molecule has 1 aromatic heterocycles. The van der Waals surface area contributed by atoms with Gasteiger partial charge in [-0.1, -0.05) is 48.0 Å². The highest BCUT2D eigenvalue weighted by Gasteiger charge is 2.13. The van der Waals surface area contributed by atoms with E-state index in [1.807, 2.05) is 37.3 Å². The second-order valence-corrected chi connectivity index (χ2v) is 9.28. The molecule has 34 heavy (non-hydrogen) atoms. The highest BCUT2D eigenvalue weighted by Crippen LogP contribution is 2.28. The van der Waals surface area contributed by atoms with Gasteiger partial charge < -0.3 is 15.8 Å². The summed E-state index contributed by atoms with van der Waals surface area (Å²) in [6.07, 6.45) is 0. The van der Waals surface area contributed by atoms with Crippen LogP contribution < -0.4 is 15.8 Å². The van der Waals surface area contributed by atoms with Crippen molar-refractivity contribution in [1.29, 1.82) is 0 Å². The maximum absolute atomic E-state index is 12.7. The minimum atomic E-state index is -0.555. The van der Waals surface area contributed by atoms with E-state index >= 15 is 0 Å². The maximum atomic E-state index is 12.7. The van der Waals surface area contributed by atoms with Crippen LogP contribution in [0.15, 0.2) is 72.8 Å². The van der Waals surface area contributed by atoms with E-state index in [2.05, 4.69) is 10.3 Å². The Kier molecular flexibility index (Phi) is 7.25. The number of nitrogens with zero attached hydrogens (tertiary/aromatic N) is 1. The van der Waals surface area contributed by atoms with Gasteiger partial charge in [0.1, 0.15) is 17.4 Å². The third-order valence-corrected chi connectivity index (χ3v) is 6.32. The van der Waals surface area contributed by atoms with Gasteiger partial charge >= 0.3 is 0 Å². The molecule has 2 amide bonds. The second-order valence-electron chi connectivity index (χ2n) is 7.55. The van der Waals surface area contributed by atoms with Crippen LogP contribution in [0.2, 0.25) is 5.02 Å². The molecule has 3 N–H and O–H groups in total. The van der Waals surface area contributed by atoms with Gasteiger partial charge in [0.05, 0.1) is 17.8 Å². The lowest BCUT2D eigenvalue weighted by Crippen LogP contribution is -2.22. The third-order valence-electron chi connectivity index (χ3n) is 5.09. The van der Waals surface area contributed by atoms with E-state index in [-0.39, 0.29) is 12.5 Å². The van der Waals surface area contributed by atoms with Crippen LogP contribution in [0.3, 0.4) is 0 Å². The predicted octanol–water partition coefficient (Wildman–Crippen LogP) is 5.38. The highest BCUT2D eigenvalue weighted by atomic mass is 35.5. The number of benzene rings is 3. The van der Waals surface area contributed by atoms with Crippen molar-refractivity contribution in [2.45, 2.75) is 20.1 Å². The molecule has 0 atom stereocenters. The van der Waals surface area contributed by atoms with Crippen molar-refractivity contribution in [3.8, 4) is 17.0 Å². The average molecular weight is 492 g/mol. The summed E-state index contributed by atoms with van der Waals surface area (Å²) in [6.45, 7) is 2.53. The summed E-state index contributed by atoms with van der Waals surface area (Å²) in [7, 11) is 0. The van der Waals surface area contributed by atoms with Gasteiger partial charge in [-0.15, -0.1) is 11.3 Å². The van der Waals surface area contributed by atoms with Crippen LogP contribution in [0.5, 0.6) is 5.75 Å². The lowest BCUT2D eigenvalue weighted by molar-refractivity contribution is 0.0949. The number of aromatic nitrogens is 1. The molecule has 6 nitrogen and oxygen atoms in total. The minimum absolute atomic E-state index is 0.196. The molecule has 8 heteroatoms. The zero-order chi connectivity index (χ0) is 24.1. The minimum Gasteiger partial charge on any atom is -0.488 e. The second kappa shape index (κ2) is 10.5. The monoisotopic (exact) mass is 491 g/mol. The van der Waals surface area contributed by atoms with Gasteiger partial charge in [-0.2, -0.15) is 0 Å². The van der Waals surface area contributed by atoms with Crippen molar-refractivity contribution in [3.63, 3.8) is 0 Å². The van der Waals surface area contributed by atoms with E-state index in [4.69, 9.17) is 22.1 Å². The fourth-order valence-electron chi connectivity index (χ4n) is 3.42. The van der Waals surface area contributed by atoms with Gasteiger partial charge in [0.25, 0.3) is 11.8 Å². The number of rotatable bonds is 8. The van der Waals surface area contributed by atoms with Gasteiger partial charge in [0.2, 0.25) is 0 Å². The Hall–Kier alpha value is -3.68. The van der Waals surface area contributed by atoms with Crippen LogP contribution in [0.4, 0.5) is 0 Å². The van der Waals surface area contributed by atoms with Gasteiger partial charge in [0.15, 0.2) is 0 Å². The number of para-hydroxylation sites is 1. The molecular weight excluding hydrogens is 470 g/mol. The lowest BCUT2D eigenvalue weighted by Gasteiger charge is -2.10. The fraction of sp³-hybridized carbons (Fsp3) is 0.115. The van der Waals surface area contributed by atoms with E-state index < -0.39 is 5.91 Å². The molecule has 0 saturated heterocycles. The molecule has 0 aliphatic carbocycles. The number of hydrogen-bond acceptors (Lipinski definition) is 5. The zero-order valence-corrected chi connectivity index (χ0v) is 20.0. The normalized spacial score (nSPS) is 10.6. The number of nitrogens with two attached hydrogens (primary N) is 1. The number of aryl methyl sites for hydroxylation is 1. The molecule has 0 spiro atoms. The van der Waals surface area contributed by atoms with Crippen LogP contribution in [0.1, 0.15) is 36.2 Å². The SMILES string of the molecule is Cc1sc(CNC(=O)c2cccc(COc3ccccc3C(N)=O)c2)nc1-c1ccc(Cl)cc1. The van der Waals surface area contributed by atoms with E-state index in [1.54, 1.807) is 53.8 Å². The number of ether oxygens (including phenoxy) is 1. The molecule has 3 aromatic carbocycles. The number of amides is 2. The van der Waals surface area contributed by atoms with Gasteiger partial charge in [-0.25, -0.2) is 4.98 Å². The standard InChI is InChI=1S/C26H22ClN3O3S/c1-16-24(18-9-11-20(27)12-10-18)30-23(34-16)14-29-26(32)19-6-4-5-17(13-19)15-33-22-8-3-2-7-21(22)25(28)31/h2-13H,14-15H2,1H3,(H2,28,31)(H,29,32). The van der Waals surface area contributed by atoms with E-state index in [0.29, 0.717) is 28.4 Å². The number of thiazole rings is 1. The van der Waals surface area contributed by atoms with Crippen LogP contribution >= 0.6 is 22.9 Å². The number of hydrogen-bond donors (Lipinski definition) is 2. The molecule has 0 saturated carbocycles. The smallest absolute Gasteiger partial charge is 0.252 e. The molecule has 0 bridgehead atoms. The summed E-state index contributed by atoms with van der Waals surface area (Å²) in [6, 6.07) is 21.5. The van der Waals surface area contributed by atoms with Crippen molar-refractivity contribution < 1.29 is 14.3 Å². The van der Waals surface area contributed by atoms with Crippen LogP contribution in [-0.4, -0.2) is 16.8 Å². The number of carbonyl (C=O) groups is 2. The van der Waals surface area contributed by atoms with Crippen LogP contribution in [0, 0.1) is 6.92 Å². The Morgan fingerprint density at radius 2 is 1.82 bits per heavy atom. The number of carbonyl (C=O) groups excluding carboxylic acids is 2. The van der Waals surface area contributed by atoms with E-state index in [0.717, 1.165) is 26.7 Å². The molecule has 0 radical (unpaired) electrons. The van der Waals surface area contributed by atoms with Crippen LogP contribution in [0.25, 0.3) is 11.3 Å². The summed E-state index contributed by atoms with van der Waals surface area (Å²) >= 11 is 7.52. The number of halogens is 1. The van der Waals surface area contributed by atoms with Crippen molar-refractivity contribution in [2.75, 3.05) is 0 Å². The first-order valence-corrected chi connectivity index (χ1v) is 11.7. The Morgan fingerprint density at radius 1 is 1.06 bits per heavy atom. The number of primary amides is 1. The fourth-order valence-corrected chi connectivity index (χ4v) is 4.44. The Balaban J connectivity index is 1.39. The quantitative estimate of drug-likeness (QED) is 0.346. The first-order valence-electron chi connectivity index (χ1n) is 10.5. The molecule has 0 aliphatic heterocycles. The maximum Gasteiger partial charge on any atom is 0.252 e. The molecule has 0 fully saturated rings. The molecule has 4 rings (SSSR count). The molecular formula is C26H22ClN3O3S. The molecule has 1 heterocycles. The lowest BCUT2D eigenvalue weighted by atomic mass is 10.1. The third kappa shape index (κ3) is 5.62. The molecule has 0 aliphatic rings. The van der Waals surface area contributed by atoms with E-state index in [1.165, 1.54) is 0 Å². The first-order chi connectivity index (χ1) is 16.4. The van der Waals surface area contributed by atoms with Gasteiger partial charge in [-0.05, 0) is 48.9 Å². The van der Waals surface area contributed by atoms with Crippen molar-refractivity contribution in [3.05, 3.63) is 104 Å². The van der Waals surface area contributed by atoms with Gasteiger partial charge in [-0.3, -0.25) is 9.59 Å². The Morgan fingerprint density at radius 3 is 2.59 bits per heavy atom. The summed E-state index contributed by atoms with van der Waals surface area (Å²) in [5.74, 6) is -0.360. The van der Waals surface area contributed by atoms with Crippen LogP contribution in [-0.2, 0) is 13.2 Å². The zero-order valence-electron chi connectivity index (χ0n) is 18.4. The van der Waals surface area contributed by atoms with Gasteiger partial charge in [0, 0.05) is 21.0 Å². The molecule has 172 valence electrons. The predicted molar refractivity (Wildman–Crippen MR) is 134 cm³/mol. The Labute approximate surface area is 206 Å². The summed E-state index contributed by atoms with van der Waals surface area (Å²) in [5, 5.41) is 4.42. The van der Waals surface area contributed by atoms with Crippen molar-refractivity contribution in [1.82, 2.24) is 10.3 Å².